The summed E-state index contributed by atoms with van der Waals surface area (Å²) < 4.78 is 81.7. The van der Waals surface area contributed by atoms with E-state index in [-0.39, 0.29) is 13.1 Å². The average Bonchev–Trinajstić information content (AvgIpc) is 2.94. The van der Waals surface area contributed by atoms with Crippen molar-refractivity contribution < 1.29 is 44.6 Å². The summed E-state index contributed by atoms with van der Waals surface area (Å²) in [7, 11) is 0. The molecule has 0 unspecified atom stereocenters. The number of nitrogens with zero attached hydrogens (tertiary/aromatic N) is 4. The van der Waals surface area contributed by atoms with Crippen LogP contribution in [0.3, 0.4) is 0 Å². The summed E-state index contributed by atoms with van der Waals surface area (Å²) in [6, 6.07) is 15.3. The number of hydrogen-bond acceptors (Lipinski definition) is 0. The minimum absolute atomic E-state index is 0.0922. The maximum atomic E-state index is 12.4. The lowest BCUT2D eigenvalue weighted by molar-refractivity contribution is -0.708. The summed E-state index contributed by atoms with van der Waals surface area (Å²) in [6.45, 7) is 1.54. The number of pyridine rings is 4. The average molecular weight is 563 g/mol. The first-order valence-electron chi connectivity index (χ1n) is 13.1. The van der Waals surface area contributed by atoms with Crippen LogP contribution in [0.15, 0.2) is 98.1 Å². The first kappa shape index (κ1) is 29.2. The van der Waals surface area contributed by atoms with E-state index in [1.807, 2.05) is 73.3 Å². The second-order valence-corrected chi connectivity index (χ2v) is 9.74. The number of halogens is 6. The molecular formula is C30H32F6N4+4. The Labute approximate surface area is 229 Å². The third-order valence-corrected chi connectivity index (χ3v) is 6.62. The van der Waals surface area contributed by atoms with Gasteiger partial charge >= 0.3 is 12.4 Å². The van der Waals surface area contributed by atoms with Crippen molar-refractivity contribution in [2.75, 3.05) is 0 Å². The van der Waals surface area contributed by atoms with Crippen molar-refractivity contribution >= 4 is 0 Å². The summed E-state index contributed by atoms with van der Waals surface area (Å²) >= 11 is 0. The molecular weight excluding hydrogens is 530 g/mol. The normalized spacial score (nSPS) is 12.1. The van der Waals surface area contributed by atoms with Gasteiger partial charge in [-0.05, 0) is 22.3 Å². The van der Waals surface area contributed by atoms with Gasteiger partial charge in [0.05, 0.1) is 0 Å². The second-order valence-electron chi connectivity index (χ2n) is 9.74. The molecule has 0 spiro atoms. The highest BCUT2D eigenvalue weighted by Crippen LogP contribution is 2.21. The lowest BCUT2D eigenvalue weighted by atomic mass is 10.1. The fourth-order valence-electron chi connectivity index (χ4n) is 4.30. The van der Waals surface area contributed by atoms with E-state index in [0.717, 1.165) is 48.2 Å². The van der Waals surface area contributed by atoms with E-state index >= 15 is 0 Å². The van der Waals surface area contributed by atoms with Gasteiger partial charge in [-0.15, -0.1) is 0 Å². The van der Waals surface area contributed by atoms with Gasteiger partial charge < -0.3 is 0 Å². The molecule has 4 heterocycles. The summed E-state index contributed by atoms with van der Waals surface area (Å²) in [5.41, 5.74) is 3.91. The van der Waals surface area contributed by atoms with Crippen LogP contribution in [-0.4, -0.2) is 12.4 Å². The number of hydrogen-bond donors (Lipinski definition) is 0. The smallest absolute Gasteiger partial charge is 0.205 e. The highest BCUT2D eigenvalue weighted by atomic mass is 19.4. The molecule has 0 radical (unpaired) electrons. The van der Waals surface area contributed by atoms with Crippen molar-refractivity contribution in [2.45, 2.75) is 64.2 Å². The fourth-order valence-corrected chi connectivity index (χ4v) is 4.30. The van der Waals surface area contributed by atoms with Crippen LogP contribution in [-0.2, 0) is 26.2 Å². The van der Waals surface area contributed by atoms with Gasteiger partial charge in [0.1, 0.15) is 25.9 Å². The Kier molecular flexibility index (Phi) is 9.50. The van der Waals surface area contributed by atoms with Crippen LogP contribution in [0.2, 0.25) is 0 Å². The van der Waals surface area contributed by atoms with Crippen molar-refractivity contribution in [1.82, 2.24) is 0 Å². The molecule has 0 aromatic carbocycles. The molecule has 10 heteroatoms. The number of aryl methyl sites for hydroxylation is 4. The molecule has 210 valence electrons. The lowest BCUT2D eigenvalue weighted by Crippen LogP contribution is -2.35. The first-order chi connectivity index (χ1) is 19.0. The molecule has 0 saturated heterocycles. The maximum Gasteiger partial charge on any atom is 0.395 e. The Morgan fingerprint density at radius 1 is 0.375 bits per heavy atom. The summed E-state index contributed by atoms with van der Waals surface area (Å²) in [5.74, 6) is 0. The number of rotatable bonds is 11. The zero-order valence-electron chi connectivity index (χ0n) is 22.0. The van der Waals surface area contributed by atoms with Gasteiger partial charge in [-0.25, -0.2) is 18.3 Å². The Morgan fingerprint density at radius 2 is 0.600 bits per heavy atom. The van der Waals surface area contributed by atoms with Crippen molar-refractivity contribution in [3.8, 4) is 22.3 Å². The van der Waals surface area contributed by atoms with Gasteiger partial charge in [0.2, 0.25) is 0 Å². The SMILES string of the molecule is FC(F)(F)CC[n+]1ccc(-c2cc[n+](CCCC[n+]3ccc(-c4cc[n+](CCC(F)(F)F)cc4)cc3)cc2)cc1. The van der Waals surface area contributed by atoms with E-state index in [1.54, 1.807) is 24.8 Å². The molecule has 40 heavy (non-hydrogen) atoms. The van der Waals surface area contributed by atoms with Crippen molar-refractivity contribution in [3.05, 3.63) is 98.1 Å². The zero-order chi connectivity index (χ0) is 28.6. The fraction of sp³-hybridized carbons (Fsp3) is 0.333. The number of alkyl halides is 6. The van der Waals surface area contributed by atoms with Crippen molar-refractivity contribution in [3.63, 3.8) is 0 Å². The molecule has 4 aromatic heterocycles. The maximum absolute atomic E-state index is 12.4. The van der Waals surface area contributed by atoms with Gasteiger partial charge in [-0.2, -0.15) is 26.3 Å². The van der Waals surface area contributed by atoms with Crippen molar-refractivity contribution in [1.29, 1.82) is 0 Å². The van der Waals surface area contributed by atoms with Crippen LogP contribution in [0.4, 0.5) is 26.3 Å². The number of unbranched alkanes of at least 4 members (excludes halogenated alkanes) is 1. The van der Waals surface area contributed by atoms with Gasteiger partial charge in [0, 0.05) is 61.4 Å². The Hall–Kier alpha value is -3.82. The lowest BCUT2D eigenvalue weighted by Gasteiger charge is -2.04. The molecule has 0 fully saturated rings. The summed E-state index contributed by atoms with van der Waals surface area (Å²) in [6.07, 6.45) is 6.67. The van der Waals surface area contributed by atoms with Gasteiger partial charge in [0.25, 0.3) is 0 Å². The third-order valence-electron chi connectivity index (χ3n) is 6.62. The van der Waals surface area contributed by atoms with Crippen LogP contribution in [0.25, 0.3) is 22.3 Å². The van der Waals surface area contributed by atoms with E-state index in [1.165, 1.54) is 9.13 Å². The quantitative estimate of drug-likeness (QED) is 0.129. The van der Waals surface area contributed by atoms with Gasteiger partial charge in [-0.1, -0.05) is 0 Å². The summed E-state index contributed by atoms with van der Waals surface area (Å²) in [4.78, 5) is 0. The van der Waals surface area contributed by atoms with Crippen LogP contribution in [0, 0.1) is 0 Å². The summed E-state index contributed by atoms with van der Waals surface area (Å²) in [5, 5.41) is 0. The highest BCUT2D eigenvalue weighted by Gasteiger charge is 2.29. The molecule has 4 nitrogen and oxygen atoms in total. The van der Waals surface area contributed by atoms with Crippen molar-refractivity contribution in [2.24, 2.45) is 0 Å². The first-order valence-corrected chi connectivity index (χ1v) is 13.1. The molecule has 4 aromatic rings. The molecule has 0 amide bonds. The van der Waals surface area contributed by atoms with Gasteiger partial charge in [0.15, 0.2) is 62.7 Å². The predicted molar refractivity (Wildman–Crippen MR) is 135 cm³/mol. The Bertz CT molecular complexity index is 1230. The van der Waals surface area contributed by atoms with E-state index in [9.17, 15) is 26.3 Å². The van der Waals surface area contributed by atoms with Crippen LogP contribution >= 0.6 is 0 Å². The number of aromatic nitrogens is 4. The monoisotopic (exact) mass is 562 g/mol. The topological polar surface area (TPSA) is 15.5 Å². The van der Waals surface area contributed by atoms with E-state index in [0.29, 0.717) is 0 Å². The highest BCUT2D eigenvalue weighted by molar-refractivity contribution is 5.61. The largest absolute Gasteiger partial charge is 0.395 e. The van der Waals surface area contributed by atoms with E-state index < -0.39 is 25.2 Å². The molecule has 0 aliphatic heterocycles. The molecule has 0 aliphatic carbocycles. The molecule has 0 atom stereocenters. The van der Waals surface area contributed by atoms with E-state index in [2.05, 4.69) is 9.13 Å². The molecule has 0 aliphatic rings. The minimum Gasteiger partial charge on any atom is -0.205 e. The standard InChI is InChI=1S/C30H32F6N4/c31-29(32,33)11-23-39-19-7-27(8-20-39)25-3-15-37(16-4-25)13-1-2-14-38-17-5-26(6-18-38)28-9-21-40(22-10-28)24-12-30(34,35)36/h3-10,15-22H,1-2,11-14,23-24H2/q+4. The second kappa shape index (κ2) is 13.0. The van der Waals surface area contributed by atoms with Crippen LogP contribution in [0.5, 0.6) is 0 Å². The van der Waals surface area contributed by atoms with Crippen LogP contribution in [0.1, 0.15) is 25.7 Å². The minimum atomic E-state index is -4.16. The molecule has 0 bridgehead atoms. The van der Waals surface area contributed by atoms with E-state index in [4.69, 9.17) is 0 Å². The third kappa shape index (κ3) is 9.43. The molecule has 0 N–H and O–H groups in total. The van der Waals surface area contributed by atoms with Gasteiger partial charge in [-0.3, -0.25) is 0 Å². The molecule has 4 rings (SSSR count). The zero-order valence-corrected chi connectivity index (χ0v) is 22.0. The van der Waals surface area contributed by atoms with Crippen LogP contribution < -0.4 is 18.3 Å². The predicted octanol–water partition coefficient (Wildman–Crippen LogP) is 5.56. The Balaban J connectivity index is 1.20. The Morgan fingerprint density at radius 3 is 0.825 bits per heavy atom. The molecule has 0 saturated carbocycles.